The molecular formula is C28H29N5. The summed E-state index contributed by atoms with van der Waals surface area (Å²) in [6, 6.07) is 10.4. The summed E-state index contributed by atoms with van der Waals surface area (Å²) in [6.07, 6.45) is 17.8. The Morgan fingerprint density at radius 3 is 2.88 bits per heavy atom. The van der Waals surface area contributed by atoms with E-state index >= 15 is 0 Å². The predicted octanol–water partition coefficient (Wildman–Crippen LogP) is 5.69. The van der Waals surface area contributed by atoms with Crippen LogP contribution in [0.15, 0.2) is 88.8 Å². The maximum atomic E-state index is 6.37. The third-order valence-electron chi connectivity index (χ3n) is 6.54. The molecular weight excluding hydrogens is 406 g/mol. The summed E-state index contributed by atoms with van der Waals surface area (Å²) in [7, 11) is 0. The molecule has 0 radical (unpaired) electrons. The predicted molar refractivity (Wildman–Crippen MR) is 138 cm³/mol. The number of fused-ring (bicyclic) bond motifs is 1. The molecule has 33 heavy (non-hydrogen) atoms. The number of aromatic nitrogens is 1. The molecule has 2 heterocycles. The zero-order chi connectivity index (χ0) is 22.8. The van der Waals surface area contributed by atoms with Crippen LogP contribution in [-0.2, 0) is 0 Å². The van der Waals surface area contributed by atoms with E-state index in [0.29, 0.717) is 11.8 Å². The highest BCUT2D eigenvalue weighted by Crippen LogP contribution is 2.36. The van der Waals surface area contributed by atoms with Gasteiger partial charge in [0.25, 0.3) is 0 Å². The lowest BCUT2D eigenvalue weighted by atomic mass is 9.76. The summed E-state index contributed by atoms with van der Waals surface area (Å²) in [5.74, 6) is 1.93. The summed E-state index contributed by atoms with van der Waals surface area (Å²) in [5, 5.41) is 1.08. The molecule has 1 aromatic carbocycles. The first-order valence-electron chi connectivity index (χ1n) is 11.6. The number of pyridine rings is 1. The summed E-state index contributed by atoms with van der Waals surface area (Å²) in [4.78, 5) is 15.9. The summed E-state index contributed by atoms with van der Waals surface area (Å²) < 4.78 is 0. The van der Waals surface area contributed by atoms with Gasteiger partial charge in [-0.3, -0.25) is 4.99 Å². The van der Waals surface area contributed by atoms with Gasteiger partial charge in [0.15, 0.2) is 0 Å². The molecule has 1 saturated carbocycles. The second kappa shape index (κ2) is 9.02. The Morgan fingerprint density at radius 2 is 2.06 bits per heavy atom. The van der Waals surface area contributed by atoms with Crippen LogP contribution in [-0.4, -0.2) is 29.0 Å². The van der Waals surface area contributed by atoms with Gasteiger partial charge in [0.2, 0.25) is 0 Å². The molecule has 1 aromatic heterocycles. The molecule has 3 aliphatic rings. The van der Waals surface area contributed by atoms with Crippen molar-refractivity contribution in [2.75, 3.05) is 6.54 Å². The monoisotopic (exact) mass is 435 g/mol. The Hall–Kier alpha value is -3.73. The molecule has 1 aliphatic heterocycles. The molecule has 2 N–H and O–H groups in total. The fraction of sp³-hybridized carbons (Fsp3) is 0.250. The average Bonchev–Trinajstić information content (AvgIpc) is 3.09. The molecule has 0 bridgehead atoms. The minimum atomic E-state index is 0.467. The normalized spacial score (nSPS) is 23.6. The Balaban J connectivity index is 1.55. The van der Waals surface area contributed by atoms with Crippen molar-refractivity contribution < 1.29 is 0 Å². The quantitative estimate of drug-likeness (QED) is 0.613. The van der Waals surface area contributed by atoms with E-state index in [2.05, 4.69) is 89.2 Å². The fourth-order valence-electron chi connectivity index (χ4n) is 4.86. The number of benzene rings is 1. The Morgan fingerprint density at radius 1 is 1.21 bits per heavy atom. The van der Waals surface area contributed by atoms with Gasteiger partial charge >= 0.3 is 0 Å². The summed E-state index contributed by atoms with van der Waals surface area (Å²) in [6.45, 7) is 7.09. The molecule has 5 rings (SSSR count). The largest absolute Gasteiger partial charge is 0.382 e. The smallest absolute Gasteiger partial charge is 0.149 e. The highest BCUT2D eigenvalue weighted by Gasteiger charge is 2.29. The van der Waals surface area contributed by atoms with E-state index in [1.807, 2.05) is 6.20 Å². The molecule has 0 atom stereocenters. The molecule has 0 saturated heterocycles. The van der Waals surface area contributed by atoms with Crippen LogP contribution in [0.5, 0.6) is 0 Å². The van der Waals surface area contributed by atoms with Crippen molar-refractivity contribution >= 4 is 34.7 Å². The number of amidine groups is 1. The van der Waals surface area contributed by atoms with Gasteiger partial charge in [0.05, 0.1) is 16.9 Å². The van der Waals surface area contributed by atoms with E-state index in [-0.39, 0.29) is 0 Å². The van der Waals surface area contributed by atoms with E-state index < -0.39 is 0 Å². The molecule has 2 aromatic rings. The van der Waals surface area contributed by atoms with Crippen molar-refractivity contribution in [3.8, 4) is 0 Å². The lowest BCUT2D eigenvalue weighted by molar-refractivity contribution is 0.178. The molecule has 0 unspecified atom stereocenters. The SMILES string of the molecule is C=N/C(=C1/C(N)=NC=CN1CC1CC(C)C1)c1ccc2ccc(C3=CC=CCC=C3)nc2c1. The van der Waals surface area contributed by atoms with Crippen LogP contribution in [0.25, 0.3) is 22.2 Å². The second-order valence-corrected chi connectivity index (χ2v) is 9.05. The zero-order valence-corrected chi connectivity index (χ0v) is 19.0. The first-order chi connectivity index (χ1) is 16.1. The van der Waals surface area contributed by atoms with Crippen LogP contribution < -0.4 is 5.73 Å². The standard InChI is InChI=1S/C28H29N5/c1-19-15-20(16-19)18-33-14-13-31-28(29)27(33)26(30-2)23-10-9-22-11-12-24(32-25(22)17-23)21-7-5-3-4-6-8-21/h3,5-14,17,19-20H,2,4,15-16,18H2,1H3,(H2,29,31)/b27-26-. The highest BCUT2D eigenvalue weighted by atomic mass is 15.2. The molecule has 0 amide bonds. The van der Waals surface area contributed by atoms with Crippen molar-refractivity contribution in [3.05, 3.63) is 90.1 Å². The van der Waals surface area contributed by atoms with Gasteiger partial charge in [-0.1, -0.05) is 55.5 Å². The van der Waals surface area contributed by atoms with Crippen LogP contribution in [0.3, 0.4) is 0 Å². The number of hydrogen-bond acceptors (Lipinski definition) is 5. The van der Waals surface area contributed by atoms with E-state index in [9.17, 15) is 0 Å². The third kappa shape index (κ3) is 4.31. The van der Waals surface area contributed by atoms with Gasteiger partial charge in [-0.25, -0.2) is 9.98 Å². The van der Waals surface area contributed by atoms with Crippen molar-refractivity contribution in [2.24, 2.45) is 27.6 Å². The van der Waals surface area contributed by atoms with E-state index in [1.54, 1.807) is 6.20 Å². The molecule has 5 heteroatoms. The van der Waals surface area contributed by atoms with E-state index in [4.69, 9.17) is 10.7 Å². The first kappa shape index (κ1) is 21.1. The van der Waals surface area contributed by atoms with Crippen molar-refractivity contribution in [1.82, 2.24) is 9.88 Å². The van der Waals surface area contributed by atoms with Crippen LogP contribution >= 0.6 is 0 Å². The first-order valence-corrected chi connectivity index (χ1v) is 11.6. The fourth-order valence-corrected chi connectivity index (χ4v) is 4.86. The molecule has 2 aliphatic carbocycles. The molecule has 5 nitrogen and oxygen atoms in total. The number of nitrogens with zero attached hydrogens (tertiary/aromatic N) is 4. The van der Waals surface area contributed by atoms with Gasteiger partial charge in [-0.2, -0.15) is 0 Å². The van der Waals surface area contributed by atoms with Gasteiger partial charge in [0.1, 0.15) is 11.5 Å². The maximum Gasteiger partial charge on any atom is 0.149 e. The topological polar surface area (TPSA) is 66.9 Å². The van der Waals surface area contributed by atoms with Crippen LogP contribution in [0, 0.1) is 11.8 Å². The van der Waals surface area contributed by atoms with Crippen LogP contribution in [0.4, 0.5) is 0 Å². The number of hydrogen-bond donors (Lipinski definition) is 1. The van der Waals surface area contributed by atoms with Gasteiger partial charge < -0.3 is 10.6 Å². The Labute approximate surface area is 195 Å². The third-order valence-corrected chi connectivity index (χ3v) is 6.54. The van der Waals surface area contributed by atoms with E-state index in [1.165, 1.54) is 12.8 Å². The summed E-state index contributed by atoms with van der Waals surface area (Å²) in [5.41, 5.74) is 11.8. The Bertz CT molecular complexity index is 1270. The van der Waals surface area contributed by atoms with Gasteiger partial charge in [0, 0.05) is 29.9 Å². The van der Waals surface area contributed by atoms with Gasteiger partial charge in [-0.15, -0.1) is 0 Å². The number of aliphatic imine (C=N–C) groups is 2. The van der Waals surface area contributed by atoms with Crippen molar-refractivity contribution in [2.45, 2.75) is 26.2 Å². The summed E-state index contributed by atoms with van der Waals surface area (Å²) >= 11 is 0. The number of rotatable bonds is 5. The lowest BCUT2D eigenvalue weighted by Crippen LogP contribution is -2.37. The lowest BCUT2D eigenvalue weighted by Gasteiger charge is -2.38. The minimum Gasteiger partial charge on any atom is -0.382 e. The second-order valence-electron chi connectivity index (χ2n) is 9.05. The highest BCUT2D eigenvalue weighted by molar-refractivity contribution is 6.05. The van der Waals surface area contributed by atoms with Crippen LogP contribution in [0.1, 0.15) is 37.4 Å². The Kier molecular flexibility index (Phi) is 5.78. The number of allylic oxidation sites excluding steroid dienone is 6. The van der Waals surface area contributed by atoms with E-state index in [0.717, 1.165) is 58.0 Å². The van der Waals surface area contributed by atoms with Crippen molar-refractivity contribution in [1.29, 1.82) is 0 Å². The molecule has 1 fully saturated rings. The van der Waals surface area contributed by atoms with Gasteiger partial charge in [-0.05, 0) is 55.5 Å². The zero-order valence-electron chi connectivity index (χ0n) is 19.0. The maximum absolute atomic E-state index is 6.37. The minimum absolute atomic E-state index is 0.467. The van der Waals surface area contributed by atoms with Crippen LogP contribution in [0.2, 0.25) is 0 Å². The average molecular weight is 436 g/mol. The molecule has 0 spiro atoms. The molecule has 166 valence electrons. The van der Waals surface area contributed by atoms with Crippen molar-refractivity contribution in [3.63, 3.8) is 0 Å². The number of nitrogens with two attached hydrogens (primary N) is 1.